The maximum atomic E-state index is 12.6. The molecule has 11 nitrogen and oxygen atoms in total. The number of ether oxygens (including phenoxy) is 2. The van der Waals surface area contributed by atoms with Crippen LogP contribution < -0.4 is 5.73 Å². The molecule has 350 valence electrons. The topological polar surface area (TPSA) is 168 Å². The van der Waals surface area contributed by atoms with Gasteiger partial charge in [-0.25, -0.2) is 4.57 Å². The molecule has 61 heavy (non-hydrogen) atoms. The smallest absolute Gasteiger partial charge is 0.466 e. The molecule has 0 fully saturated rings. The lowest BCUT2D eigenvalue weighted by Crippen LogP contribution is -2.29. The summed E-state index contributed by atoms with van der Waals surface area (Å²) in [7, 11) is -4.42. The van der Waals surface area contributed by atoms with E-state index in [1.807, 2.05) is 24.3 Å². The Balaban J connectivity index is 2.26. The average molecular weight is 878 g/mol. The molecule has 0 aliphatic heterocycles. The van der Waals surface area contributed by atoms with Crippen LogP contribution in [0.4, 0.5) is 0 Å². The molecular formula is C49H84NO10P. The molecule has 4 N–H and O–H groups in total. The van der Waals surface area contributed by atoms with E-state index in [-0.39, 0.29) is 38.7 Å². The largest absolute Gasteiger partial charge is 0.472 e. The number of unbranched alkanes of at least 4 members (excludes halogenated alkanes) is 13. The van der Waals surface area contributed by atoms with Gasteiger partial charge >= 0.3 is 19.8 Å². The molecule has 0 spiro atoms. The number of phosphoric acid groups is 1. The van der Waals surface area contributed by atoms with Crippen LogP contribution in [0.25, 0.3) is 0 Å². The summed E-state index contributed by atoms with van der Waals surface area (Å²) in [6.45, 7) is 7.83. The fourth-order valence-corrected chi connectivity index (χ4v) is 7.41. The summed E-state index contributed by atoms with van der Waals surface area (Å²) < 4.78 is 39.0. The van der Waals surface area contributed by atoms with Crippen LogP contribution in [0, 0.1) is 13.8 Å². The second kappa shape index (κ2) is 37.7. The lowest BCUT2D eigenvalue weighted by atomic mass is 10.0. The Bertz CT molecular complexity index is 1430. The summed E-state index contributed by atoms with van der Waals surface area (Å²) in [4.78, 5) is 35.0. The second-order valence-corrected chi connectivity index (χ2v) is 17.5. The van der Waals surface area contributed by atoms with Crippen LogP contribution in [0.1, 0.15) is 184 Å². The number of hydrogen-bond donors (Lipinski definition) is 3. The number of aryl methyl sites for hydroxylation is 2. The van der Waals surface area contributed by atoms with E-state index in [4.69, 9.17) is 28.7 Å². The highest BCUT2D eigenvalue weighted by Crippen LogP contribution is 2.43. The van der Waals surface area contributed by atoms with E-state index < -0.39 is 32.5 Å². The van der Waals surface area contributed by atoms with Gasteiger partial charge in [-0.3, -0.25) is 18.6 Å². The van der Waals surface area contributed by atoms with Crippen LogP contribution >= 0.6 is 7.82 Å². The fraction of sp³-hybridized carbons (Fsp3) is 0.714. The Hall–Kier alpha value is -2.79. The summed E-state index contributed by atoms with van der Waals surface area (Å²) in [5, 5.41) is 9.82. The van der Waals surface area contributed by atoms with Gasteiger partial charge in [0.05, 0.1) is 19.3 Å². The number of carbonyl (C=O) groups excluding carboxylic acids is 2. The minimum Gasteiger partial charge on any atom is -0.466 e. The van der Waals surface area contributed by atoms with Gasteiger partial charge in [-0.2, -0.15) is 0 Å². The highest BCUT2D eigenvalue weighted by atomic mass is 31.2. The standard InChI is InChI=1S/C49H84NO10P/c1-5-7-27-34-46-42(3)43(4)47(60-46)35-29-24-20-16-13-14-17-21-25-30-36-48(52)56-40-45(41-58-61(54,55)57-39-38-50)59-49(53)37-31-26-22-18-12-10-9-11-15-19-23-28-33-44(51)32-8-6-2/h9-10,15,18-19,22,28,33,44-45,51H,5-8,11-14,16-17,20-21,23-27,29-32,34-41,50H2,1-4H3,(H,54,55)/b10-9-,19-15-,22-18-,33-28-/t44-,45-/m1/s1. The van der Waals surface area contributed by atoms with Crippen LogP contribution in [0.2, 0.25) is 0 Å². The molecule has 1 rings (SSSR count). The minimum absolute atomic E-state index is 0.0314. The maximum absolute atomic E-state index is 12.6. The molecule has 1 aromatic heterocycles. The molecule has 0 saturated carbocycles. The number of rotatable bonds is 40. The number of carbonyl (C=O) groups is 2. The van der Waals surface area contributed by atoms with Crippen molar-refractivity contribution in [3.05, 3.63) is 71.3 Å². The van der Waals surface area contributed by atoms with Crippen molar-refractivity contribution in [3.8, 4) is 0 Å². The lowest BCUT2D eigenvalue weighted by molar-refractivity contribution is -0.161. The van der Waals surface area contributed by atoms with Gasteiger partial charge in [0.1, 0.15) is 18.1 Å². The van der Waals surface area contributed by atoms with Gasteiger partial charge in [-0.15, -0.1) is 0 Å². The van der Waals surface area contributed by atoms with E-state index in [0.717, 1.165) is 70.6 Å². The van der Waals surface area contributed by atoms with Crippen LogP contribution in [0.5, 0.6) is 0 Å². The third kappa shape index (κ3) is 31.7. The zero-order chi connectivity index (χ0) is 44.8. The van der Waals surface area contributed by atoms with Crippen molar-refractivity contribution < 1.29 is 47.1 Å². The molecule has 1 unspecified atom stereocenters. The van der Waals surface area contributed by atoms with Crippen molar-refractivity contribution in [1.29, 1.82) is 0 Å². The Morgan fingerprint density at radius 2 is 1.20 bits per heavy atom. The van der Waals surface area contributed by atoms with Gasteiger partial charge in [0.2, 0.25) is 0 Å². The van der Waals surface area contributed by atoms with Gasteiger partial charge in [0.25, 0.3) is 0 Å². The van der Waals surface area contributed by atoms with Crippen molar-refractivity contribution in [3.63, 3.8) is 0 Å². The first-order chi connectivity index (χ1) is 29.5. The first kappa shape index (κ1) is 56.2. The van der Waals surface area contributed by atoms with Crippen LogP contribution in [-0.2, 0) is 45.5 Å². The second-order valence-electron chi connectivity index (χ2n) is 16.0. The Labute approximate surface area is 369 Å². The number of aliphatic hydroxyl groups excluding tert-OH is 1. The first-order valence-corrected chi connectivity index (χ1v) is 25.1. The van der Waals surface area contributed by atoms with Gasteiger partial charge in [0, 0.05) is 32.2 Å². The Morgan fingerprint density at radius 1 is 0.672 bits per heavy atom. The zero-order valence-corrected chi connectivity index (χ0v) is 39.4. The molecule has 1 aromatic rings. The molecule has 1 heterocycles. The summed E-state index contributed by atoms with van der Waals surface area (Å²) in [6, 6.07) is 0. The highest BCUT2D eigenvalue weighted by molar-refractivity contribution is 7.47. The van der Waals surface area contributed by atoms with E-state index >= 15 is 0 Å². The molecule has 0 aromatic carbocycles. The predicted octanol–water partition coefficient (Wildman–Crippen LogP) is 12.1. The molecule has 0 saturated heterocycles. The van der Waals surface area contributed by atoms with E-state index in [1.165, 1.54) is 80.4 Å². The van der Waals surface area contributed by atoms with Crippen molar-refractivity contribution >= 4 is 19.8 Å². The molecule has 0 aliphatic rings. The number of nitrogens with two attached hydrogens (primary N) is 1. The summed E-state index contributed by atoms with van der Waals surface area (Å²) in [5.41, 5.74) is 8.04. The summed E-state index contributed by atoms with van der Waals surface area (Å²) in [6.07, 6.45) is 38.7. The number of hydrogen-bond acceptors (Lipinski definition) is 10. The van der Waals surface area contributed by atoms with Gasteiger partial charge < -0.3 is 29.6 Å². The Kier molecular flexibility index (Phi) is 34.8. The lowest BCUT2D eigenvalue weighted by Gasteiger charge is -2.19. The van der Waals surface area contributed by atoms with Crippen molar-refractivity contribution in [2.24, 2.45) is 5.73 Å². The van der Waals surface area contributed by atoms with E-state index in [0.29, 0.717) is 19.3 Å². The number of aliphatic hydroxyl groups is 1. The Morgan fingerprint density at radius 3 is 1.79 bits per heavy atom. The van der Waals surface area contributed by atoms with Crippen LogP contribution in [0.15, 0.2) is 53.0 Å². The predicted molar refractivity (Wildman–Crippen MR) is 247 cm³/mol. The first-order valence-electron chi connectivity index (χ1n) is 23.6. The SMILES string of the molecule is CCCCCc1oc(CCCCCCCCCCCCC(=O)OC[C@H](COP(=O)(O)OCCN)OC(=O)CCC/C=C\C/C=C\C/C=C\C/C=C\[C@H](O)CCCC)c(C)c1C. The molecule has 3 atom stereocenters. The number of furan rings is 1. The number of phosphoric ester groups is 1. The van der Waals surface area contributed by atoms with Gasteiger partial charge in [0.15, 0.2) is 6.10 Å². The van der Waals surface area contributed by atoms with Crippen molar-refractivity contribution in [2.45, 2.75) is 200 Å². The number of esters is 2. The molecule has 12 heteroatoms. The highest BCUT2D eigenvalue weighted by Gasteiger charge is 2.26. The minimum atomic E-state index is -4.42. The van der Waals surface area contributed by atoms with Gasteiger partial charge in [-0.05, 0) is 82.8 Å². The van der Waals surface area contributed by atoms with Crippen LogP contribution in [-0.4, -0.2) is 60.5 Å². The fourth-order valence-electron chi connectivity index (χ4n) is 6.65. The molecule has 0 aliphatic carbocycles. The quantitative estimate of drug-likeness (QED) is 0.0248. The third-order valence-corrected chi connectivity index (χ3v) is 11.5. The molecule has 0 radical (unpaired) electrons. The van der Waals surface area contributed by atoms with Gasteiger partial charge in [-0.1, -0.05) is 140 Å². The summed E-state index contributed by atoms with van der Waals surface area (Å²) in [5.74, 6) is 1.43. The van der Waals surface area contributed by atoms with E-state index in [9.17, 15) is 24.2 Å². The molecular weight excluding hydrogens is 794 g/mol. The van der Waals surface area contributed by atoms with Crippen molar-refractivity contribution in [1.82, 2.24) is 0 Å². The average Bonchev–Trinajstić information content (AvgIpc) is 3.51. The van der Waals surface area contributed by atoms with Crippen LogP contribution in [0.3, 0.4) is 0 Å². The molecule has 0 amide bonds. The maximum Gasteiger partial charge on any atom is 0.472 e. The van der Waals surface area contributed by atoms with E-state index in [1.54, 1.807) is 0 Å². The monoisotopic (exact) mass is 878 g/mol. The zero-order valence-electron chi connectivity index (χ0n) is 38.5. The van der Waals surface area contributed by atoms with Crippen molar-refractivity contribution in [2.75, 3.05) is 26.4 Å². The summed E-state index contributed by atoms with van der Waals surface area (Å²) >= 11 is 0. The number of allylic oxidation sites excluding steroid dienone is 7. The molecule has 0 bridgehead atoms. The third-order valence-electron chi connectivity index (χ3n) is 10.5. The normalized spacial score (nSPS) is 14.1. The van der Waals surface area contributed by atoms with E-state index in [2.05, 4.69) is 52.0 Å².